The van der Waals surface area contributed by atoms with Gasteiger partial charge in [0.25, 0.3) is 0 Å². The van der Waals surface area contributed by atoms with Crippen LogP contribution in [-0.2, 0) is 0 Å². The summed E-state index contributed by atoms with van der Waals surface area (Å²) in [6, 6.07) is 0.0985. The van der Waals surface area contributed by atoms with E-state index >= 15 is 0 Å². The molecular weight excluding hydrogens is 254 g/mol. The molecule has 0 bridgehead atoms. The molecule has 2 heterocycles. The van der Waals surface area contributed by atoms with E-state index in [0.717, 1.165) is 18.8 Å². The van der Waals surface area contributed by atoms with Crippen molar-refractivity contribution in [2.45, 2.75) is 59.4 Å². The lowest BCUT2D eigenvalue weighted by molar-refractivity contribution is 0.199. The second-order valence-corrected chi connectivity index (χ2v) is 6.94. The van der Waals surface area contributed by atoms with Crippen molar-refractivity contribution in [3.05, 3.63) is 10.6 Å². The van der Waals surface area contributed by atoms with E-state index in [9.17, 15) is 0 Å². The Kier molecular flexibility index (Phi) is 4.51. The Bertz CT molecular complexity index is 411. The van der Waals surface area contributed by atoms with Gasteiger partial charge in [-0.1, -0.05) is 26.7 Å². The zero-order chi connectivity index (χ0) is 14.0. The maximum atomic E-state index is 6.00. The summed E-state index contributed by atoms with van der Waals surface area (Å²) in [6.45, 7) is 11.1. The van der Waals surface area contributed by atoms with Gasteiger partial charge in [-0.2, -0.15) is 0 Å². The molecule has 19 heavy (non-hydrogen) atoms. The Balaban J connectivity index is 2.07. The summed E-state index contributed by atoms with van der Waals surface area (Å²) in [4.78, 5) is 8.41. The molecule has 1 aromatic heterocycles. The van der Waals surface area contributed by atoms with Gasteiger partial charge in [0.15, 0.2) is 5.13 Å². The average molecular weight is 281 g/mol. The number of nitrogens with zero attached hydrogens (tertiary/aromatic N) is 2. The molecule has 0 saturated carbocycles. The van der Waals surface area contributed by atoms with Crippen LogP contribution in [-0.4, -0.2) is 18.1 Å². The first-order valence-electron chi connectivity index (χ1n) is 7.49. The number of anilines is 1. The third-order valence-corrected chi connectivity index (χ3v) is 6.25. The molecule has 0 aromatic carbocycles. The Labute approximate surface area is 121 Å². The van der Waals surface area contributed by atoms with Crippen molar-refractivity contribution < 1.29 is 0 Å². The number of aromatic nitrogens is 1. The monoisotopic (exact) mass is 281 g/mol. The first-order valence-corrected chi connectivity index (χ1v) is 8.31. The first kappa shape index (κ1) is 14.8. The van der Waals surface area contributed by atoms with Crippen LogP contribution >= 0.6 is 11.3 Å². The standard InChI is InChI=1S/C15H27N3S/c1-5-15(6-2)7-9-18(10-8-15)14-17-12(4)13(19-14)11(3)16/h11H,5-10,16H2,1-4H3. The lowest BCUT2D eigenvalue weighted by Crippen LogP contribution is -2.39. The Hall–Kier alpha value is -0.610. The van der Waals surface area contributed by atoms with Crippen LogP contribution in [0.1, 0.15) is 63.1 Å². The number of aryl methyl sites for hydroxylation is 1. The van der Waals surface area contributed by atoms with Crippen molar-refractivity contribution in [2.75, 3.05) is 18.0 Å². The second-order valence-electron chi connectivity index (χ2n) is 5.93. The van der Waals surface area contributed by atoms with Crippen molar-refractivity contribution in [1.82, 2.24) is 4.98 Å². The minimum absolute atomic E-state index is 0.0985. The van der Waals surface area contributed by atoms with Crippen LogP contribution in [0.25, 0.3) is 0 Å². The molecule has 1 aliphatic heterocycles. The molecule has 1 aliphatic rings. The van der Waals surface area contributed by atoms with Gasteiger partial charge in [0.1, 0.15) is 0 Å². The van der Waals surface area contributed by atoms with Gasteiger partial charge < -0.3 is 10.6 Å². The maximum Gasteiger partial charge on any atom is 0.185 e. The molecule has 1 atom stereocenters. The van der Waals surface area contributed by atoms with Gasteiger partial charge in [0.05, 0.1) is 5.69 Å². The highest BCUT2D eigenvalue weighted by Gasteiger charge is 2.32. The average Bonchev–Trinajstić information content (AvgIpc) is 2.81. The zero-order valence-corrected chi connectivity index (χ0v) is 13.5. The molecule has 1 unspecified atom stereocenters. The molecule has 1 aromatic rings. The maximum absolute atomic E-state index is 6.00. The largest absolute Gasteiger partial charge is 0.348 e. The number of hydrogen-bond acceptors (Lipinski definition) is 4. The van der Waals surface area contributed by atoms with Gasteiger partial charge in [-0.25, -0.2) is 4.98 Å². The predicted molar refractivity (Wildman–Crippen MR) is 83.9 cm³/mol. The Morgan fingerprint density at radius 1 is 1.32 bits per heavy atom. The summed E-state index contributed by atoms with van der Waals surface area (Å²) in [7, 11) is 0. The first-order chi connectivity index (χ1) is 9.01. The number of thiazole rings is 1. The molecule has 4 heteroatoms. The fourth-order valence-corrected chi connectivity index (χ4v) is 4.15. The smallest absolute Gasteiger partial charge is 0.185 e. The zero-order valence-electron chi connectivity index (χ0n) is 12.7. The molecule has 0 aliphatic carbocycles. The number of hydrogen-bond donors (Lipinski definition) is 1. The summed E-state index contributed by atoms with van der Waals surface area (Å²) in [5.74, 6) is 0. The van der Waals surface area contributed by atoms with E-state index < -0.39 is 0 Å². The van der Waals surface area contributed by atoms with Crippen LogP contribution < -0.4 is 10.6 Å². The molecule has 0 radical (unpaired) electrons. The highest BCUT2D eigenvalue weighted by Crippen LogP contribution is 2.40. The van der Waals surface area contributed by atoms with Gasteiger partial charge in [-0.15, -0.1) is 11.3 Å². The molecule has 108 valence electrons. The topological polar surface area (TPSA) is 42.2 Å². The molecule has 1 saturated heterocycles. The predicted octanol–water partition coefficient (Wildman–Crippen LogP) is 3.88. The van der Waals surface area contributed by atoms with Crippen molar-refractivity contribution in [1.29, 1.82) is 0 Å². The summed E-state index contributed by atoms with van der Waals surface area (Å²) >= 11 is 1.78. The number of rotatable bonds is 4. The van der Waals surface area contributed by atoms with Crippen LogP contribution in [0, 0.1) is 12.3 Å². The Morgan fingerprint density at radius 2 is 1.89 bits per heavy atom. The van der Waals surface area contributed by atoms with Crippen molar-refractivity contribution in [3.63, 3.8) is 0 Å². The van der Waals surface area contributed by atoms with E-state index in [-0.39, 0.29) is 6.04 Å². The van der Waals surface area contributed by atoms with Crippen molar-refractivity contribution >= 4 is 16.5 Å². The van der Waals surface area contributed by atoms with E-state index in [1.54, 1.807) is 11.3 Å². The van der Waals surface area contributed by atoms with Crippen LogP contribution in [0.4, 0.5) is 5.13 Å². The fourth-order valence-electron chi connectivity index (χ4n) is 3.08. The van der Waals surface area contributed by atoms with Crippen molar-refractivity contribution in [2.24, 2.45) is 11.1 Å². The molecule has 2 N–H and O–H groups in total. The normalized spacial score (nSPS) is 20.6. The van der Waals surface area contributed by atoms with E-state index in [4.69, 9.17) is 10.7 Å². The van der Waals surface area contributed by atoms with Crippen molar-refractivity contribution in [3.8, 4) is 0 Å². The van der Waals surface area contributed by atoms with E-state index in [2.05, 4.69) is 25.7 Å². The van der Waals surface area contributed by atoms with E-state index in [1.165, 1.54) is 35.7 Å². The highest BCUT2D eigenvalue weighted by molar-refractivity contribution is 7.15. The summed E-state index contributed by atoms with van der Waals surface area (Å²) in [5, 5.41) is 1.17. The van der Waals surface area contributed by atoms with E-state index in [0.29, 0.717) is 5.41 Å². The molecular formula is C15H27N3S. The molecule has 2 rings (SSSR count). The van der Waals surface area contributed by atoms with Crippen LogP contribution in [0.5, 0.6) is 0 Å². The molecule has 1 fully saturated rings. The van der Waals surface area contributed by atoms with E-state index in [1.807, 2.05) is 6.92 Å². The number of nitrogens with two attached hydrogens (primary N) is 1. The highest BCUT2D eigenvalue weighted by atomic mass is 32.1. The molecule has 0 spiro atoms. The van der Waals surface area contributed by atoms with Crippen LogP contribution in [0.3, 0.4) is 0 Å². The molecule has 3 nitrogen and oxygen atoms in total. The summed E-state index contributed by atoms with van der Waals surface area (Å²) in [6.07, 6.45) is 5.21. The van der Waals surface area contributed by atoms with Gasteiger partial charge in [0.2, 0.25) is 0 Å². The second kappa shape index (κ2) is 5.80. The minimum atomic E-state index is 0.0985. The van der Waals surface area contributed by atoms with Crippen LogP contribution in [0.15, 0.2) is 0 Å². The van der Waals surface area contributed by atoms with Gasteiger partial charge in [-0.3, -0.25) is 0 Å². The lowest BCUT2D eigenvalue weighted by atomic mass is 9.74. The minimum Gasteiger partial charge on any atom is -0.348 e. The molecule has 0 amide bonds. The van der Waals surface area contributed by atoms with Crippen LogP contribution in [0.2, 0.25) is 0 Å². The fraction of sp³-hybridized carbons (Fsp3) is 0.800. The van der Waals surface area contributed by atoms with Gasteiger partial charge in [-0.05, 0) is 32.1 Å². The summed E-state index contributed by atoms with van der Waals surface area (Å²) < 4.78 is 0. The lowest BCUT2D eigenvalue weighted by Gasteiger charge is -2.41. The SMILES string of the molecule is CCC1(CC)CCN(c2nc(C)c(C(C)N)s2)CC1. The Morgan fingerprint density at radius 3 is 2.32 bits per heavy atom. The third kappa shape index (κ3) is 2.95. The third-order valence-electron chi connectivity index (χ3n) is 4.83. The quantitative estimate of drug-likeness (QED) is 0.910. The van der Waals surface area contributed by atoms with Gasteiger partial charge >= 0.3 is 0 Å². The number of piperidine rings is 1. The van der Waals surface area contributed by atoms with Gasteiger partial charge in [0, 0.05) is 24.0 Å². The summed E-state index contributed by atoms with van der Waals surface area (Å²) in [5.41, 5.74) is 7.68.